The fourth-order valence-electron chi connectivity index (χ4n) is 9.04. The average Bonchev–Trinajstić information content (AvgIpc) is 3.38. The van der Waals surface area contributed by atoms with Crippen molar-refractivity contribution in [1.29, 1.82) is 0 Å². The van der Waals surface area contributed by atoms with Gasteiger partial charge in [0.05, 0.1) is 18.1 Å². The Labute approximate surface area is 200 Å². The highest BCUT2D eigenvalue weighted by Gasteiger charge is 2.76. The van der Waals surface area contributed by atoms with Crippen LogP contribution >= 0.6 is 0 Å². The third-order valence-electron chi connectivity index (χ3n) is 11.0. The van der Waals surface area contributed by atoms with Gasteiger partial charge in [0.25, 0.3) is 0 Å². The number of aliphatic hydroxyl groups is 3. The number of fused-ring (bicyclic) bond motifs is 4. The van der Waals surface area contributed by atoms with E-state index >= 15 is 0 Å². The predicted octanol–water partition coefficient (Wildman–Crippen LogP) is 2.08. The molecule has 7 nitrogen and oxygen atoms in total. The fraction of sp³-hybridized carbons (Fsp3) is 0.778. The summed E-state index contributed by atoms with van der Waals surface area (Å²) in [5.74, 6) is -0.812. The second-order valence-corrected chi connectivity index (χ2v) is 12.3. The van der Waals surface area contributed by atoms with Gasteiger partial charge in [-0.15, -0.1) is 0 Å². The van der Waals surface area contributed by atoms with Gasteiger partial charge in [0.15, 0.2) is 5.78 Å². The van der Waals surface area contributed by atoms with Gasteiger partial charge in [-0.05, 0) is 82.3 Å². The second-order valence-electron chi connectivity index (χ2n) is 12.3. The van der Waals surface area contributed by atoms with Gasteiger partial charge >= 0.3 is 5.97 Å². The Kier molecular flexibility index (Phi) is 4.73. The molecule has 3 N–H and O–H groups in total. The first-order chi connectivity index (χ1) is 15.9. The Morgan fingerprint density at radius 1 is 1.12 bits per heavy atom. The number of ether oxygens (including phenoxy) is 2. The molecular formula is C27H36O7. The van der Waals surface area contributed by atoms with Gasteiger partial charge in [-0.25, -0.2) is 4.79 Å². The molecule has 12 atom stereocenters. The first kappa shape index (κ1) is 22.9. The van der Waals surface area contributed by atoms with Gasteiger partial charge in [-0.2, -0.15) is 0 Å². The molecule has 6 aliphatic rings. The number of aliphatic hydroxyl groups excluding tert-OH is 2. The van der Waals surface area contributed by atoms with E-state index in [0.29, 0.717) is 18.4 Å². The largest absolute Gasteiger partial charge is 0.456 e. The van der Waals surface area contributed by atoms with Gasteiger partial charge in [-0.3, -0.25) is 4.79 Å². The molecule has 0 aromatic rings. The van der Waals surface area contributed by atoms with Crippen LogP contribution in [0.3, 0.4) is 0 Å². The second kappa shape index (κ2) is 7.02. The number of rotatable bonds is 2. The van der Waals surface area contributed by atoms with E-state index in [9.17, 15) is 24.9 Å². The lowest BCUT2D eigenvalue weighted by Gasteiger charge is -2.57. The van der Waals surface area contributed by atoms with Crippen molar-refractivity contribution in [2.45, 2.75) is 95.4 Å². The van der Waals surface area contributed by atoms with Crippen LogP contribution in [-0.4, -0.2) is 62.7 Å². The van der Waals surface area contributed by atoms with Gasteiger partial charge < -0.3 is 24.8 Å². The maximum absolute atomic E-state index is 13.0. The summed E-state index contributed by atoms with van der Waals surface area (Å²) in [7, 11) is 0. The van der Waals surface area contributed by atoms with Crippen molar-refractivity contribution in [3.05, 3.63) is 23.3 Å². The third kappa shape index (κ3) is 2.67. The van der Waals surface area contributed by atoms with Crippen LogP contribution in [0.5, 0.6) is 0 Å². The molecule has 0 radical (unpaired) electrons. The van der Waals surface area contributed by atoms with Crippen LogP contribution in [0, 0.1) is 35.0 Å². The number of ketones is 1. The molecule has 2 aliphatic heterocycles. The minimum absolute atomic E-state index is 0.00778. The van der Waals surface area contributed by atoms with E-state index < -0.39 is 40.8 Å². The van der Waals surface area contributed by atoms with Crippen LogP contribution in [-0.2, 0) is 19.1 Å². The summed E-state index contributed by atoms with van der Waals surface area (Å²) in [6.45, 7) is 7.50. The van der Waals surface area contributed by atoms with Crippen molar-refractivity contribution >= 4 is 11.8 Å². The zero-order valence-corrected chi connectivity index (χ0v) is 20.4. The van der Waals surface area contributed by atoms with Crippen molar-refractivity contribution in [1.82, 2.24) is 0 Å². The predicted molar refractivity (Wildman–Crippen MR) is 121 cm³/mol. The van der Waals surface area contributed by atoms with E-state index in [1.54, 1.807) is 19.9 Å². The molecule has 0 aromatic heterocycles. The lowest BCUT2D eigenvalue weighted by atomic mass is 9.47. The number of esters is 1. The van der Waals surface area contributed by atoms with Gasteiger partial charge in [-0.1, -0.05) is 12.5 Å². The Balaban J connectivity index is 1.32. The Morgan fingerprint density at radius 3 is 2.56 bits per heavy atom. The van der Waals surface area contributed by atoms with Crippen molar-refractivity contribution in [3.63, 3.8) is 0 Å². The number of epoxide rings is 1. The van der Waals surface area contributed by atoms with Gasteiger partial charge in [0, 0.05) is 17.4 Å². The zero-order chi connectivity index (χ0) is 24.4. The molecule has 6 rings (SSSR count). The van der Waals surface area contributed by atoms with Crippen LogP contribution in [0.25, 0.3) is 0 Å². The van der Waals surface area contributed by atoms with Crippen molar-refractivity contribution in [2.75, 3.05) is 0 Å². The molecule has 1 saturated heterocycles. The summed E-state index contributed by atoms with van der Waals surface area (Å²) in [4.78, 5) is 25.4. The molecule has 1 spiro atoms. The third-order valence-corrected chi connectivity index (χ3v) is 11.0. The lowest BCUT2D eigenvalue weighted by Crippen LogP contribution is -2.63. The first-order valence-corrected chi connectivity index (χ1v) is 12.8. The van der Waals surface area contributed by atoms with Crippen LogP contribution in [0.4, 0.5) is 0 Å². The molecule has 3 saturated carbocycles. The van der Waals surface area contributed by atoms with Crippen molar-refractivity contribution in [3.8, 4) is 0 Å². The van der Waals surface area contributed by atoms with Gasteiger partial charge in [0.2, 0.25) is 0 Å². The molecule has 4 aliphatic carbocycles. The number of cyclic esters (lactones) is 1. The molecule has 7 heteroatoms. The number of hydrogen-bond acceptors (Lipinski definition) is 7. The van der Waals surface area contributed by atoms with Crippen LogP contribution < -0.4 is 0 Å². The first-order valence-electron chi connectivity index (χ1n) is 12.8. The molecular weight excluding hydrogens is 436 g/mol. The number of hydrogen-bond donors (Lipinski definition) is 3. The minimum Gasteiger partial charge on any atom is -0.456 e. The monoisotopic (exact) mass is 472 g/mol. The average molecular weight is 473 g/mol. The van der Waals surface area contributed by atoms with E-state index in [2.05, 4.69) is 6.92 Å². The Bertz CT molecular complexity index is 1010. The lowest BCUT2D eigenvalue weighted by molar-refractivity contribution is -0.199. The van der Waals surface area contributed by atoms with Crippen LogP contribution in [0.2, 0.25) is 0 Å². The topological polar surface area (TPSA) is 117 Å². The maximum Gasteiger partial charge on any atom is 0.334 e. The van der Waals surface area contributed by atoms with E-state index in [1.807, 2.05) is 6.92 Å². The summed E-state index contributed by atoms with van der Waals surface area (Å²) in [5, 5.41) is 34.2. The molecule has 2 heterocycles. The number of allylic oxidation sites excluding steroid dienone is 1. The summed E-state index contributed by atoms with van der Waals surface area (Å²) in [6, 6.07) is 0. The molecule has 186 valence electrons. The minimum atomic E-state index is -1.29. The molecule has 12 unspecified atom stereocenters. The fourth-order valence-corrected chi connectivity index (χ4v) is 9.04. The number of carbonyl (C=O) groups is 2. The Hall–Kier alpha value is -1.54. The van der Waals surface area contributed by atoms with E-state index in [1.165, 1.54) is 6.08 Å². The van der Waals surface area contributed by atoms with Crippen LogP contribution in [0.1, 0.15) is 59.8 Å². The standard InChI is InChI=1S/C27H36O7/c1-12-9-21(33-24(31)13(12)2)26(4,32)18-7-5-16-14-11-22-27(34-22)19(29)8-6-17(28)23(27)15(14)10-20(30)25(16,18)3/h6,8,14-16,18-23,29-30,32H,5,7,9-11H2,1-4H3. The number of carbonyl (C=O) groups excluding carboxylic acids is 2. The normalized spacial score (nSPS) is 53.3. The highest BCUT2D eigenvalue weighted by atomic mass is 16.6. The highest BCUT2D eigenvalue weighted by Crippen LogP contribution is 2.69. The van der Waals surface area contributed by atoms with Crippen molar-refractivity contribution < 1.29 is 34.4 Å². The Morgan fingerprint density at radius 2 is 1.85 bits per heavy atom. The summed E-state index contributed by atoms with van der Waals surface area (Å²) in [5.41, 5.74) is -1.14. The van der Waals surface area contributed by atoms with Crippen molar-refractivity contribution in [2.24, 2.45) is 35.0 Å². The molecule has 4 fully saturated rings. The molecule has 34 heavy (non-hydrogen) atoms. The summed E-state index contributed by atoms with van der Waals surface area (Å²) in [6.07, 6.45) is 4.00. The summed E-state index contributed by atoms with van der Waals surface area (Å²) >= 11 is 0. The van der Waals surface area contributed by atoms with E-state index in [-0.39, 0.29) is 41.5 Å². The maximum atomic E-state index is 13.0. The SMILES string of the molecule is CC1=C(C)C(=O)OC(C(C)(O)C2CCC3C4CC5OC56C(O)C=CC(=O)C6C4CC(O)C32C)C1. The molecule has 0 amide bonds. The molecule has 0 bridgehead atoms. The smallest absolute Gasteiger partial charge is 0.334 e. The van der Waals surface area contributed by atoms with E-state index in [0.717, 1.165) is 24.8 Å². The molecule has 0 aromatic carbocycles. The van der Waals surface area contributed by atoms with Gasteiger partial charge in [0.1, 0.15) is 23.4 Å². The quantitative estimate of drug-likeness (QED) is 0.416. The summed E-state index contributed by atoms with van der Waals surface area (Å²) < 4.78 is 11.8. The van der Waals surface area contributed by atoms with Crippen LogP contribution in [0.15, 0.2) is 23.3 Å². The zero-order valence-electron chi connectivity index (χ0n) is 20.4. The highest BCUT2D eigenvalue weighted by molar-refractivity contribution is 5.95. The van der Waals surface area contributed by atoms with E-state index in [4.69, 9.17) is 9.47 Å².